The monoisotopic (exact) mass is 503 g/mol. The summed E-state index contributed by atoms with van der Waals surface area (Å²) in [6.45, 7) is 7.02. The number of pyridine rings is 1. The van der Waals surface area contributed by atoms with Crippen LogP contribution in [0.15, 0.2) is 33.0 Å². The summed E-state index contributed by atoms with van der Waals surface area (Å²) in [6, 6.07) is 1.21. The molecule has 0 radical (unpaired) electrons. The topological polar surface area (TPSA) is 72.8 Å². The number of nitrogens with zero attached hydrogens (tertiary/aromatic N) is 2. The summed E-state index contributed by atoms with van der Waals surface area (Å²) in [5.41, 5.74) is 1.02. The van der Waals surface area contributed by atoms with Gasteiger partial charge in [-0.2, -0.15) is 13.2 Å². The molecule has 1 aromatic heterocycles. The lowest BCUT2D eigenvalue weighted by Gasteiger charge is -2.35. The lowest BCUT2D eigenvalue weighted by atomic mass is 9.87. The molecule has 1 saturated carbocycles. The SMILES string of the molecule is CCC1=C(C(C)(NC(=O)c2cc(O[C@@H](C)C(F)(F)F)c(Br)cn2)C2CC2)N=C(C)OC1. The Morgan fingerprint density at radius 2 is 2.10 bits per heavy atom. The molecule has 1 N–H and O–H groups in total. The molecule has 2 atom stereocenters. The third kappa shape index (κ3) is 5.22. The number of amides is 1. The number of hydrogen-bond donors (Lipinski definition) is 1. The van der Waals surface area contributed by atoms with E-state index >= 15 is 0 Å². The van der Waals surface area contributed by atoms with Crippen LogP contribution in [-0.2, 0) is 4.74 Å². The van der Waals surface area contributed by atoms with E-state index < -0.39 is 23.7 Å². The highest BCUT2D eigenvalue weighted by Crippen LogP contribution is 2.46. The highest BCUT2D eigenvalue weighted by Gasteiger charge is 2.47. The van der Waals surface area contributed by atoms with Gasteiger partial charge in [0.1, 0.15) is 18.1 Å². The molecule has 2 aliphatic rings. The Hall–Kier alpha value is -2.10. The number of aromatic nitrogens is 1. The zero-order valence-corrected chi connectivity index (χ0v) is 19.4. The van der Waals surface area contributed by atoms with Gasteiger partial charge in [-0.15, -0.1) is 0 Å². The number of nitrogens with one attached hydrogen (secondary N) is 1. The van der Waals surface area contributed by atoms with Crippen molar-refractivity contribution in [2.75, 3.05) is 6.61 Å². The van der Waals surface area contributed by atoms with Crippen molar-refractivity contribution in [1.29, 1.82) is 0 Å². The number of hydrogen-bond acceptors (Lipinski definition) is 5. The minimum atomic E-state index is -4.53. The van der Waals surface area contributed by atoms with Crippen LogP contribution in [0.5, 0.6) is 5.75 Å². The fourth-order valence-electron chi connectivity index (χ4n) is 3.49. The maximum Gasteiger partial charge on any atom is 0.425 e. The molecular weight excluding hydrogens is 479 g/mol. The first-order valence-corrected chi connectivity index (χ1v) is 10.9. The number of halogens is 4. The van der Waals surface area contributed by atoms with Crippen LogP contribution in [0.1, 0.15) is 57.4 Å². The minimum absolute atomic E-state index is 0.0362. The number of alkyl halides is 3. The molecule has 10 heteroatoms. The van der Waals surface area contributed by atoms with Crippen LogP contribution in [0.4, 0.5) is 13.2 Å². The third-order valence-corrected chi connectivity index (χ3v) is 6.16. The molecule has 0 spiro atoms. The Labute approximate surface area is 187 Å². The number of rotatable bonds is 7. The van der Waals surface area contributed by atoms with Gasteiger partial charge in [-0.05, 0) is 60.5 Å². The maximum absolute atomic E-state index is 13.1. The molecule has 31 heavy (non-hydrogen) atoms. The van der Waals surface area contributed by atoms with Gasteiger partial charge in [0, 0.05) is 19.2 Å². The number of aliphatic imine (C=N–C) groups is 1. The molecular formula is C21H25BrF3N3O3. The van der Waals surface area contributed by atoms with E-state index in [0.717, 1.165) is 37.5 Å². The summed E-state index contributed by atoms with van der Waals surface area (Å²) < 4.78 is 49.5. The maximum atomic E-state index is 13.1. The van der Waals surface area contributed by atoms with E-state index in [1.165, 1.54) is 12.3 Å². The predicted molar refractivity (Wildman–Crippen MR) is 113 cm³/mol. The molecule has 0 bridgehead atoms. The summed E-state index contributed by atoms with van der Waals surface area (Å²) in [6.07, 6.45) is -2.69. The quantitative estimate of drug-likeness (QED) is 0.555. The Kier molecular flexibility index (Phi) is 6.69. The molecule has 1 unspecified atom stereocenters. The first-order chi connectivity index (χ1) is 14.5. The van der Waals surface area contributed by atoms with Gasteiger partial charge in [-0.3, -0.25) is 4.79 Å². The first kappa shape index (κ1) is 23.6. The molecule has 1 aromatic rings. The van der Waals surface area contributed by atoms with Gasteiger partial charge >= 0.3 is 6.18 Å². The van der Waals surface area contributed by atoms with E-state index in [4.69, 9.17) is 9.47 Å². The second-order valence-corrected chi connectivity index (χ2v) is 8.81. The van der Waals surface area contributed by atoms with Gasteiger partial charge in [-0.25, -0.2) is 9.98 Å². The Bertz CT molecular complexity index is 928. The van der Waals surface area contributed by atoms with Crippen molar-refractivity contribution < 1.29 is 27.4 Å². The van der Waals surface area contributed by atoms with Crippen molar-refractivity contribution in [2.24, 2.45) is 10.9 Å². The van der Waals surface area contributed by atoms with Crippen LogP contribution in [0, 0.1) is 5.92 Å². The number of carbonyl (C=O) groups is 1. The van der Waals surface area contributed by atoms with E-state index in [2.05, 4.69) is 31.2 Å². The average molecular weight is 504 g/mol. The molecule has 1 aliphatic carbocycles. The van der Waals surface area contributed by atoms with E-state index in [-0.39, 0.29) is 21.8 Å². The predicted octanol–water partition coefficient (Wildman–Crippen LogP) is 5.18. The lowest BCUT2D eigenvalue weighted by molar-refractivity contribution is -0.189. The second-order valence-electron chi connectivity index (χ2n) is 7.96. The molecule has 2 heterocycles. The van der Waals surface area contributed by atoms with E-state index in [1.807, 2.05) is 13.8 Å². The van der Waals surface area contributed by atoms with Crippen molar-refractivity contribution in [3.63, 3.8) is 0 Å². The van der Waals surface area contributed by atoms with Gasteiger partial charge in [0.05, 0.1) is 15.7 Å². The summed E-state index contributed by atoms with van der Waals surface area (Å²) in [5, 5.41) is 3.04. The molecule has 0 aromatic carbocycles. The Morgan fingerprint density at radius 1 is 1.42 bits per heavy atom. The fourth-order valence-corrected chi connectivity index (χ4v) is 3.80. The van der Waals surface area contributed by atoms with Crippen molar-refractivity contribution >= 4 is 27.7 Å². The van der Waals surface area contributed by atoms with Gasteiger partial charge in [0.25, 0.3) is 5.91 Å². The smallest absolute Gasteiger partial charge is 0.425 e. The molecule has 1 aliphatic heterocycles. The largest absolute Gasteiger partial charge is 0.480 e. The Morgan fingerprint density at radius 3 is 2.68 bits per heavy atom. The van der Waals surface area contributed by atoms with Crippen molar-refractivity contribution in [2.45, 2.75) is 64.8 Å². The summed E-state index contributed by atoms with van der Waals surface area (Å²) in [4.78, 5) is 21.8. The molecule has 1 fully saturated rings. The van der Waals surface area contributed by atoms with Crippen LogP contribution < -0.4 is 10.1 Å². The third-order valence-electron chi connectivity index (χ3n) is 5.56. The normalized spacial score (nSPS) is 19.8. The van der Waals surface area contributed by atoms with Crippen LogP contribution in [0.3, 0.4) is 0 Å². The standard InChI is InChI=1S/C21H25BrF3N3O3/c1-5-13-10-30-12(3)27-18(13)20(4,14-6-7-14)28-19(29)16-8-17(15(22)9-26-16)31-11(2)21(23,24)25/h8-9,11,14H,5-7,10H2,1-4H3,(H,28,29)/t11-,20?/m0/s1. The molecule has 1 amide bonds. The fraction of sp³-hybridized carbons (Fsp3) is 0.571. The molecule has 0 saturated heterocycles. The second kappa shape index (κ2) is 8.80. The molecule has 6 nitrogen and oxygen atoms in total. The van der Waals surface area contributed by atoms with E-state index in [0.29, 0.717) is 12.5 Å². The van der Waals surface area contributed by atoms with Gasteiger partial charge in [-0.1, -0.05) is 6.92 Å². The van der Waals surface area contributed by atoms with Gasteiger partial charge in [0.2, 0.25) is 0 Å². The van der Waals surface area contributed by atoms with Crippen molar-refractivity contribution in [1.82, 2.24) is 10.3 Å². The van der Waals surface area contributed by atoms with Crippen LogP contribution >= 0.6 is 15.9 Å². The first-order valence-electron chi connectivity index (χ1n) is 10.1. The Balaban J connectivity index is 1.89. The summed E-state index contributed by atoms with van der Waals surface area (Å²) in [5.74, 6) is 0.131. The highest BCUT2D eigenvalue weighted by molar-refractivity contribution is 9.10. The highest BCUT2D eigenvalue weighted by atomic mass is 79.9. The summed E-state index contributed by atoms with van der Waals surface area (Å²) in [7, 11) is 0. The minimum Gasteiger partial charge on any atom is -0.480 e. The molecule has 170 valence electrons. The van der Waals surface area contributed by atoms with E-state index in [1.54, 1.807) is 6.92 Å². The summed E-state index contributed by atoms with van der Waals surface area (Å²) >= 11 is 3.13. The lowest BCUT2D eigenvalue weighted by Crippen LogP contribution is -2.50. The van der Waals surface area contributed by atoms with Crippen LogP contribution in [-0.4, -0.2) is 41.2 Å². The number of carbonyl (C=O) groups excluding carboxylic acids is 1. The van der Waals surface area contributed by atoms with Gasteiger partial charge < -0.3 is 14.8 Å². The van der Waals surface area contributed by atoms with Crippen molar-refractivity contribution in [3.05, 3.63) is 33.7 Å². The zero-order valence-electron chi connectivity index (χ0n) is 17.8. The van der Waals surface area contributed by atoms with Gasteiger partial charge in [0.15, 0.2) is 12.0 Å². The van der Waals surface area contributed by atoms with E-state index in [9.17, 15) is 18.0 Å². The number of ether oxygens (including phenoxy) is 2. The van der Waals surface area contributed by atoms with Crippen LogP contribution in [0.2, 0.25) is 0 Å². The van der Waals surface area contributed by atoms with Crippen LogP contribution in [0.25, 0.3) is 0 Å². The zero-order chi connectivity index (χ0) is 23.0. The van der Waals surface area contributed by atoms with Crippen molar-refractivity contribution in [3.8, 4) is 5.75 Å². The average Bonchev–Trinajstić information content (AvgIpc) is 3.54. The molecule has 3 rings (SSSR count).